The summed E-state index contributed by atoms with van der Waals surface area (Å²) in [7, 11) is 3.13. The molecule has 1 aromatic carbocycles. The monoisotopic (exact) mass is 349 g/mol. The van der Waals surface area contributed by atoms with Gasteiger partial charge in [-0.2, -0.15) is 0 Å². The predicted molar refractivity (Wildman–Crippen MR) is 87.7 cm³/mol. The first-order chi connectivity index (χ1) is 11.1. The molecule has 2 aromatic heterocycles. The summed E-state index contributed by atoms with van der Waals surface area (Å²) in [5.74, 6) is 1.19. The van der Waals surface area contributed by atoms with Gasteiger partial charge in [-0.1, -0.05) is 11.8 Å². The van der Waals surface area contributed by atoms with Crippen LogP contribution < -0.4 is 9.47 Å². The maximum Gasteiger partial charge on any atom is 0.344 e. The maximum atomic E-state index is 10.8. The van der Waals surface area contributed by atoms with Crippen molar-refractivity contribution in [3.8, 4) is 11.5 Å². The van der Waals surface area contributed by atoms with Crippen LogP contribution in [0.5, 0.6) is 11.5 Å². The second kappa shape index (κ2) is 6.39. The number of rotatable bonds is 5. The number of thiazole rings is 1. The van der Waals surface area contributed by atoms with Crippen molar-refractivity contribution in [2.75, 3.05) is 14.2 Å². The van der Waals surface area contributed by atoms with Gasteiger partial charge < -0.3 is 9.47 Å². The highest BCUT2D eigenvalue weighted by molar-refractivity contribution is 8.01. The Bertz CT molecular complexity index is 882. The van der Waals surface area contributed by atoms with Crippen LogP contribution in [-0.2, 0) is 0 Å². The smallest absolute Gasteiger partial charge is 0.344 e. The van der Waals surface area contributed by atoms with Gasteiger partial charge in [0.1, 0.15) is 6.20 Å². The van der Waals surface area contributed by atoms with Crippen molar-refractivity contribution in [2.45, 2.75) is 9.24 Å². The van der Waals surface area contributed by atoms with Crippen molar-refractivity contribution in [2.24, 2.45) is 0 Å². The van der Waals surface area contributed by atoms with Crippen molar-refractivity contribution < 1.29 is 14.4 Å². The third-order valence-corrected chi connectivity index (χ3v) is 5.16. The molecule has 7 nitrogen and oxygen atoms in total. The fourth-order valence-electron chi connectivity index (χ4n) is 2.01. The van der Waals surface area contributed by atoms with E-state index in [0.29, 0.717) is 15.8 Å². The third kappa shape index (κ3) is 3.06. The number of aromatic nitrogens is 2. The molecular formula is C14H11N3O4S2. The first-order valence-electron chi connectivity index (χ1n) is 6.41. The summed E-state index contributed by atoms with van der Waals surface area (Å²) >= 11 is 2.39. The van der Waals surface area contributed by atoms with E-state index in [1.807, 2.05) is 12.1 Å². The quantitative estimate of drug-likeness (QED) is 0.512. The molecule has 0 spiro atoms. The lowest BCUT2D eigenvalue weighted by atomic mass is 10.2. The first kappa shape index (κ1) is 15.5. The minimum Gasteiger partial charge on any atom is -0.493 e. The van der Waals surface area contributed by atoms with E-state index in [2.05, 4.69) is 9.97 Å². The van der Waals surface area contributed by atoms with Crippen LogP contribution in [0.1, 0.15) is 0 Å². The highest BCUT2D eigenvalue weighted by Crippen LogP contribution is 2.40. The molecule has 0 bridgehead atoms. The minimum absolute atomic E-state index is 0.0186. The van der Waals surface area contributed by atoms with E-state index in [0.717, 1.165) is 27.1 Å². The number of nitrogens with zero attached hydrogens (tertiary/aromatic N) is 3. The highest BCUT2D eigenvalue weighted by Gasteiger charge is 2.15. The summed E-state index contributed by atoms with van der Waals surface area (Å²) in [4.78, 5) is 19.6. The number of ether oxygens (including phenoxy) is 2. The molecule has 0 saturated heterocycles. The van der Waals surface area contributed by atoms with E-state index in [1.54, 1.807) is 26.5 Å². The molecule has 118 valence electrons. The molecule has 23 heavy (non-hydrogen) atoms. The fraction of sp³-hybridized carbons (Fsp3) is 0.143. The second-order valence-corrected chi connectivity index (χ2v) is 6.66. The summed E-state index contributed by atoms with van der Waals surface area (Å²) in [5, 5.41) is 11.6. The zero-order chi connectivity index (χ0) is 16.4. The minimum atomic E-state index is -0.444. The van der Waals surface area contributed by atoms with Gasteiger partial charge in [0.15, 0.2) is 15.8 Å². The van der Waals surface area contributed by atoms with Gasteiger partial charge in [0.05, 0.1) is 24.7 Å². The van der Waals surface area contributed by atoms with Crippen LogP contribution in [0.3, 0.4) is 0 Å². The molecule has 9 heteroatoms. The molecular weight excluding hydrogens is 338 g/mol. The van der Waals surface area contributed by atoms with E-state index in [-0.39, 0.29) is 5.00 Å². The van der Waals surface area contributed by atoms with Crippen molar-refractivity contribution in [1.29, 1.82) is 0 Å². The van der Waals surface area contributed by atoms with Crippen LogP contribution in [-0.4, -0.2) is 29.1 Å². The number of fused-ring (bicyclic) bond motifs is 1. The zero-order valence-corrected chi connectivity index (χ0v) is 13.8. The van der Waals surface area contributed by atoms with E-state index in [9.17, 15) is 10.1 Å². The Morgan fingerprint density at radius 3 is 2.61 bits per heavy atom. The standard InChI is InChI=1S/C14H11N3O4S2/c1-20-10-5-8-9(6-11(10)21-2)15-4-3-12(8)22-14-16-7-13(23-14)17(18)19/h3-7H,1-2H3. The number of pyridine rings is 1. The van der Waals surface area contributed by atoms with Crippen LogP contribution >= 0.6 is 23.1 Å². The Morgan fingerprint density at radius 2 is 1.96 bits per heavy atom. The lowest BCUT2D eigenvalue weighted by Crippen LogP contribution is -1.92. The van der Waals surface area contributed by atoms with Crippen molar-refractivity contribution in [3.63, 3.8) is 0 Å². The van der Waals surface area contributed by atoms with Gasteiger partial charge in [-0.15, -0.1) is 0 Å². The van der Waals surface area contributed by atoms with Gasteiger partial charge in [-0.25, -0.2) is 4.98 Å². The lowest BCUT2D eigenvalue weighted by Gasteiger charge is -2.10. The molecule has 0 aliphatic rings. The fourth-order valence-corrected chi connectivity index (χ4v) is 3.86. The Labute approximate surface area is 139 Å². The third-order valence-electron chi connectivity index (χ3n) is 3.06. The van der Waals surface area contributed by atoms with Crippen molar-refractivity contribution in [1.82, 2.24) is 9.97 Å². The molecule has 0 aliphatic heterocycles. The summed E-state index contributed by atoms with van der Waals surface area (Å²) < 4.78 is 11.2. The molecule has 0 fully saturated rings. The number of benzene rings is 1. The summed E-state index contributed by atoms with van der Waals surface area (Å²) in [5.41, 5.74) is 0.749. The van der Waals surface area contributed by atoms with Crippen molar-refractivity contribution in [3.05, 3.63) is 40.7 Å². The predicted octanol–water partition coefficient (Wildman–Crippen LogP) is 3.77. The molecule has 0 amide bonds. The summed E-state index contributed by atoms with van der Waals surface area (Å²) in [6, 6.07) is 5.47. The molecule has 0 atom stereocenters. The number of hydrogen-bond acceptors (Lipinski definition) is 8. The van der Waals surface area contributed by atoms with Crippen LogP contribution in [0.15, 0.2) is 39.8 Å². The van der Waals surface area contributed by atoms with E-state index >= 15 is 0 Å². The van der Waals surface area contributed by atoms with Gasteiger partial charge >= 0.3 is 5.00 Å². The molecule has 0 unspecified atom stereocenters. The maximum absolute atomic E-state index is 10.8. The topological polar surface area (TPSA) is 87.4 Å². The van der Waals surface area contributed by atoms with Crippen LogP contribution in [0.4, 0.5) is 5.00 Å². The van der Waals surface area contributed by atoms with Crippen LogP contribution in [0.2, 0.25) is 0 Å². The van der Waals surface area contributed by atoms with Crippen LogP contribution in [0, 0.1) is 10.1 Å². The Morgan fingerprint density at radius 1 is 1.22 bits per heavy atom. The van der Waals surface area contributed by atoms with E-state index in [1.165, 1.54) is 18.0 Å². The molecule has 0 N–H and O–H groups in total. The molecule has 3 rings (SSSR count). The van der Waals surface area contributed by atoms with Gasteiger partial charge in [0.2, 0.25) is 0 Å². The summed E-state index contributed by atoms with van der Waals surface area (Å²) in [6.45, 7) is 0. The van der Waals surface area contributed by atoms with E-state index < -0.39 is 4.92 Å². The normalized spacial score (nSPS) is 10.7. The summed E-state index contributed by atoms with van der Waals surface area (Å²) in [6.07, 6.45) is 2.94. The molecule has 0 saturated carbocycles. The molecule has 3 aromatic rings. The molecule has 2 heterocycles. The molecule has 0 radical (unpaired) electrons. The first-order valence-corrected chi connectivity index (χ1v) is 8.04. The number of methoxy groups -OCH3 is 2. The Kier molecular flexibility index (Phi) is 4.30. The number of hydrogen-bond donors (Lipinski definition) is 0. The molecule has 0 aliphatic carbocycles. The van der Waals surface area contributed by atoms with Gasteiger partial charge in [0.25, 0.3) is 0 Å². The lowest BCUT2D eigenvalue weighted by molar-refractivity contribution is -0.380. The highest BCUT2D eigenvalue weighted by atomic mass is 32.2. The average molecular weight is 349 g/mol. The Hall–Kier alpha value is -2.39. The van der Waals surface area contributed by atoms with Crippen LogP contribution in [0.25, 0.3) is 10.9 Å². The largest absolute Gasteiger partial charge is 0.493 e. The van der Waals surface area contributed by atoms with Gasteiger partial charge in [0, 0.05) is 22.5 Å². The van der Waals surface area contributed by atoms with E-state index in [4.69, 9.17) is 9.47 Å². The van der Waals surface area contributed by atoms with Crippen molar-refractivity contribution >= 4 is 39.0 Å². The van der Waals surface area contributed by atoms with Gasteiger partial charge in [-0.05, 0) is 23.5 Å². The zero-order valence-electron chi connectivity index (χ0n) is 12.2. The average Bonchev–Trinajstić information content (AvgIpc) is 3.02. The Balaban J connectivity index is 2.04. The van der Waals surface area contributed by atoms with Gasteiger partial charge in [-0.3, -0.25) is 15.1 Å². The second-order valence-electron chi connectivity index (χ2n) is 4.36. The number of nitro groups is 1. The SMILES string of the molecule is COc1cc2nccc(Sc3ncc([N+](=O)[O-])s3)c2cc1OC.